The smallest absolute Gasteiger partial charge is 0.319 e. The van der Waals surface area contributed by atoms with Gasteiger partial charge in [-0.05, 0) is 37.9 Å². The molecule has 7 heteroatoms. The van der Waals surface area contributed by atoms with E-state index in [9.17, 15) is 4.79 Å². The maximum absolute atomic E-state index is 12.6. The van der Waals surface area contributed by atoms with Gasteiger partial charge in [0, 0.05) is 30.7 Å². The highest BCUT2D eigenvalue weighted by Crippen LogP contribution is 2.34. The van der Waals surface area contributed by atoms with Crippen molar-refractivity contribution in [2.75, 3.05) is 40.2 Å². The summed E-state index contributed by atoms with van der Waals surface area (Å²) in [4.78, 5) is 14.7. The van der Waals surface area contributed by atoms with Crippen molar-refractivity contribution in [2.45, 2.75) is 6.04 Å². The number of carbonyl (C=O) groups excluding carboxylic acids is 1. The molecule has 7 nitrogen and oxygen atoms in total. The second-order valence-corrected chi connectivity index (χ2v) is 7.07. The molecule has 2 N–H and O–H groups in total. The van der Waals surface area contributed by atoms with Gasteiger partial charge in [-0.1, -0.05) is 24.3 Å². The van der Waals surface area contributed by atoms with Gasteiger partial charge in [0.15, 0.2) is 11.5 Å². The fraction of sp³-hybridized carbons (Fsp3) is 0.318. The van der Waals surface area contributed by atoms with Gasteiger partial charge in [0.05, 0.1) is 25.9 Å². The topological polar surface area (TPSA) is 67.8 Å². The number of carbonyl (C=O) groups is 1. The van der Waals surface area contributed by atoms with Crippen LogP contribution in [-0.2, 0) is 7.05 Å². The Kier molecular flexibility index (Phi) is 6.29. The third-order valence-electron chi connectivity index (χ3n) is 5.02. The molecule has 3 rings (SSSR count). The molecule has 0 fully saturated rings. The van der Waals surface area contributed by atoms with Crippen LogP contribution >= 0.6 is 0 Å². The van der Waals surface area contributed by atoms with Gasteiger partial charge in [0.2, 0.25) is 0 Å². The number of fused-ring (bicyclic) bond motifs is 1. The average molecular weight is 396 g/mol. The highest BCUT2D eigenvalue weighted by Gasteiger charge is 2.20. The van der Waals surface area contributed by atoms with Crippen LogP contribution in [0.4, 0.5) is 10.5 Å². The SMILES string of the molecule is COc1cccc(NC(=O)NCC(c2cn(C)c3ccccc23)N(C)C)c1OC. The first kappa shape index (κ1) is 20.5. The molecule has 0 aliphatic heterocycles. The van der Waals surface area contributed by atoms with E-state index >= 15 is 0 Å². The molecule has 3 aromatic rings. The minimum atomic E-state index is -0.302. The van der Waals surface area contributed by atoms with Crippen LogP contribution in [0.1, 0.15) is 11.6 Å². The molecular weight excluding hydrogens is 368 g/mol. The molecule has 0 spiro atoms. The van der Waals surface area contributed by atoms with Crippen molar-refractivity contribution in [3.05, 3.63) is 54.2 Å². The van der Waals surface area contributed by atoms with Crippen molar-refractivity contribution < 1.29 is 14.3 Å². The lowest BCUT2D eigenvalue weighted by Crippen LogP contribution is -2.36. The van der Waals surface area contributed by atoms with Crippen molar-refractivity contribution >= 4 is 22.6 Å². The van der Waals surface area contributed by atoms with E-state index in [0.717, 1.165) is 0 Å². The zero-order valence-corrected chi connectivity index (χ0v) is 17.5. The molecule has 0 saturated heterocycles. The Morgan fingerprint density at radius 1 is 1.10 bits per heavy atom. The van der Waals surface area contributed by atoms with Crippen LogP contribution < -0.4 is 20.1 Å². The summed E-state index contributed by atoms with van der Waals surface area (Å²) in [5.41, 5.74) is 2.89. The van der Waals surface area contributed by atoms with Crippen molar-refractivity contribution in [3.63, 3.8) is 0 Å². The predicted octanol–water partition coefficient (Wildman–Crippen LogP) is 3.62. The second-order valence-electron chi connectivity index (χ2n) is 7.07. The summed E-state index contributed by atoms with van der Waals surface area (Å²) in [6.45, 7) is 0.457. The molecule has 0 radical (unpaired) electrons. The molecule has 0 aliphatic rings. The van der Waals surface area contributed by atoms with Gasteiger partial charge in [-0.2, -0.15) is 0 Å². The molecule has 29 heavy (non-hydrogen) atoms. The summed E-state index contributed by atoms with van der Waals surface area (Å²) >= 11 is 0. The summed E-state index contributed by atoms with van der Waals surface area (Å²) in [6.07, 6.45) is 2.13. The predicted molar refractivity (Wildman–Crippen MR) is 116 cm³/mol. The number of hydrogen-bond donors (Lipinski definition) is 2. The third kappa shape index (κ3) is 4.30. The largest absolute Gasteiger partial charge is 0.493 e. The van der Waals surface area contributed by atoms with E-state index in [4.69, 9.17) is 9.47 Å². The maximum Gasteiger partial charge on any atom is 0.319 e. The number of hydrogen-bond acceptors (Lipinski definition) is 4. The number of benzene rings is 2. The van der Waals surface area contributed by atoms with Crippen LogP contribution in [0.25, 0.3) is 10.9 Å². The monoisotopic (exact) mass is 396 g/mol. The number of urea groups is 1. The number of aryl methyl sites for hydroxylation is 1. The van der Waals surface area contributed by atoms with Crippen LogP contribution in [0.15, 0.2) is 48.7 Å². The first-order valence-corrected chi connectivity index (χ1v) is 9.42. The van der Waals surface area contributed by atoms with E-state index in [1.54, 1.807) is 32.4 Å². The molecule has 0 saturated carbocycles. The standard InChI is InChI=1S/C22H28N4O3/c1-25(2)19(16-14-26(3)18-11-7-6-9-15(16)18)13-23-22(27)24-17-10-8-12-20(28-4)21(17)29-5/h6-12,14,19H,13H2,1-5H3,(H2,23,24,27). The number of rotatable bonds is 7. The second kappa shape index (κ2) is 8.87. The van der Waals surface area contributed by atoms with Crippen molar-refractivity contribution in [1.82, 2.24) is 14.8 Å². The number of para-hydroxylation sites is 2. The normalized spacial score (nSPS) is 12.1. The van der Waals surface area contributed by atoms with Crippen LogP contribution in [-0.4, -0.2) is 50.4 Å². The first-order valence-electron chi connectivity index (χ1n) is 9.42. The average Bonchev–Trinajstić information content (AvgIpc) is 3.04. The molecule has 0 bridgehead atoms. The molecule has 0 aliphatic carbocycles. The minimum absolute atomic E-state index is 0.0269. The lowest BCUT2D eigenvalue weighted by molar-refractivity contribution is 0.243. The third-order valence-corrected chi connectivity index (χ3v) is 5.02. The Morgan fingerprint density at radius 3 is 2.55 bits per heavy atom. The van der Waals surface area contributed by atoms with Crippen LogP contribution in [0, 0.1) is 0 Å². The molecule has 2 aromatic carbocycles. The van der Waals surface area contributed by atoms with Gasteiger partial charge in [-0.3, -0.25) is 0 Å². The highest BCUT2D eigenvalue weighted by molar-refractivity contribution is 5.91. The van der Waals surface area contributed by atoms with Crippen LogP contribution in [0.2, 0.25) is 0 Å². The maximum atomic E-state index is 12.6. The van der Waals surface area contributed by atoms with Crippen molar-refractivity contribution in [2.24, 2.45) is 7.05 Å². The fourth-order valence-electron chi connectivity index (χ4n) is 3.55. The molecule has 1 unspecified atom stereocenters. The molecular formula is C22H28N4O3. The van der Waals surface area contributed by atoms with Crippen molar-refractivity contribution in [3.8, 4) is 11.5 Å². The highest BCUT2D eigenvalue weighted by atomic mass is 16.5. The minimum Gasteiger partial charge on any atom is -0.493 e. The van der Waals surface area contributed by atoms with E-state index in [-0.39, 0.29) is 12.1 Å². The Hall–Kier alpha value is -3.19. The van der Waals surface area contributed by atoms with E-state index in [0.29, 0.717) is 23.7 Å². The van der Waals surface area contributed by atoms with Crippen molar-refractivity contribution in [1.29, 1.82) is 0 Å². The Balaban J connectivity index is 1.75. The Labute approximate surface area is 171 Å². The zero-order valence-electron chi connectivity index (χ0n) is 17.5. The first-order chi connectivity index (χ1) is 14.0. The quantitative estimate of drug-likeness (QED) is 0.640. The number of anilines is 1. The number of amides is 2. The summed E-state index contributed by atoms with van der Waals surface area (Å²) in [5.74, 6) is 1.05. The number of ether oxygens (including phenoxy) is 2. The van der Waals surface area contributed by atoms with Gasteiger partial charge >= 0.3 is 6.03 Å². The molecule has 1 atom stereocenters. The molecule has 154 valence electrons. The van der Waals surface area contributed by atoms with E-state index < -0.39 is 0 Å². The number of nitrogens with one attached hydrogen (secondary N) is 2. The zero-order chi connectivity index (χ0) is 21.0. The number of nitrogens with zero attached hydrogens (tertiary/aromatic N) is 2. The fourth-order valence-corrected chi connectivity index (χ4v) is 3.55. The lowest BCUT2D eigenvalue weighted by Gasteiger charge is -2.24. The molecule has 1 heterocycles. The summed E-state index contributed by atoms with van der Waals surface area (Å²) in [5, 5.41) is 7.01. The van der Waals surface area contributed by atoms with Crippen LogP contribution in [0.3, 0.4) is 0 Å². The van der Waals surface area contributed by atoms with Gasteiger partial charge < -0.3 is 29.6 Å². The summed E-state index contributed by atoms with van der Waals surface area (Å²) in [7, 11) is 9.17. The Morgan fingerprint density at radius 2 is 1.86 bits per heavy atom. The Bertz CT molecular complexity index is 997. The van der Waals surface area contributed by atoms with E-state index in [1.165, 1.54) is 16.5 Å². The summed E-state index contributed by atoms with van der Waals surface area (Å²) in [6, 6.07) is 13.4. The number of likely N-dealkylation sites (N-methyl/N-ethyl adjacent to an activating group) is 1. The summed E-state index contributed by atoms with van der Waals surface area (Å²) < 4.78 is 12.8. The van der Waals surface area contributed by atoms with Gasteiger partial charge in [0.1, 0.15) is 0 Å². The number of aromatic nitrogens is 1. The van der Waals surface area contributed by atoms with Gasteiger partial charge in [-0.15, -0.1) is 0 Å². The lowest BCUT2D eigenvalue weighted by atomic mass is 10.0. The molecule has 2 amide bonds. The van der Waals surface area contributed by atoms with E-state index in [2.05, 4.69) is 38.4 Å². The van der Waals surface area contributed by atoms with Crippen LogP contribution in [0.5, 0.6) is 11.5 Å². The molecule has 1 aromatic heterocycles. The van der Waals surface area contributed by atoms with E-state index in [1.807, 2.05) is 33.3 Å². The van der Waals surface area contributed by atoms with Gasteiger partial charge in [0.25, 0.3) is 0 Å². The van der Waals surface area contributed by atoms with Gasteiger partial charge in [-0.25, -0.2) is 4.79 Å². The number of methoxy groups -OCH3 is 2.